The molecule has 4 aromatic rings. The van der Waals surface area contributed by atoms with Crippen LogP contribution in [0.1, 0.15) is 12.8 Å². The van der Waals surface area contributed by atoms with Crippen LogP contribution in [0.25, 0.3) is 21.8 Å². The number of fused-ring (bicyclic) bond motifs is 3. The molecule has 0 saturated carbocycles. The lowest BCUT2D eigenvalue weighted by Crippen LogP contribution is -2.46. The summed E-state index contributed by atoms with van der Waals surface area (Å²) in [6.45, 7) is 5.69. The number of unbranched alkanes of at least 4 members (excludes halogenated alkanes) is 1. The summed E-state index contributed by atoms with van der Waals surface area (Å²) in [6, 6.07) is 22.1. The molecule has 3 aromatic carbocycles. The van der Waals surface area contributed by atoms with Gasteiger partial charge in [0.1, 0.15) is 11.5 Å². The van der Waals surface area contributed by atoms with Crippen LogP contribution in [0.15, 0.2) is 66.7 Å². The van der Waals surface area contributed by atoms with Gasteiger partial charge in [0.15, 0.2) is 0 Å². The molecule has 7 nitrogen and oxygen atoms in total. The largest absolute Gasteiger partial charge is 0.495 e. The van der Waals surface area contributed by atoms with Crippen LogP contribution in [0, 0.1) is 0 Å². The van der Waals surface area contributed by atoms with Gasteiger partial charge < -0.3 is 24.7 Å². The number of anilines is 1. The van der Waals surface area contributed by atoms with Crippen LogP contribution in [-0.2, 0) is 0 Å². The maximum absolute atomic E-state index is 12.2. The Balaban J connectivity index is 1.01. The van der Waals surface area contributed by atoms with E-state index < -0.39 is 6.09 Å². The Morgan fingerprint density at radius 3 is 2.54 bits per heavy atom. The first-order valence-corrected chi connectivity index (χ1v) is 12.3. The Morgan fingerprint density at radius 2 is 1.69 bits per heavy atom. The molecule has 182 valence electrons. The first kappa shape index (κ1) is 23.1. The molecule has 0 bridgehead atoms. The fourth-order valence-corrected chi connectivity index (χ4v) is 4.79. The first-order chi connectivity index (χ1) is 17.2. The molecule has 0 unspecified atom stereocenters. The second-order valence-electron chi connectivity index (χ2n) is 8.90. The molecule has 0 atom stereocenters. The van der Waals surface area contributed by atoms with Crippen molar-refractivity contribution in [2.45, 2.75) is 12.8 Å². The SMILES string of the molecule is COc1ccccc1N1CCN(CCCCNC(=O)Oc2ccc3c(c2)[nH]c2ccccc23)CC1. The van der Waals surface area contributed by atoms with Gasteiger partial charge in [0.2, 0.25) is 0 Å². The van der Waals surface area contributed by atoms with E-state index >= 15 is 0 Å². The van der Waals surface area contributed by atoms with Crippen molar-refractivity contribution in [2.24, 2.45) is 0 Å². The molecule has 2 heterocycles. The Morgan fingerprint density at radius 1 is 0.914 bits per heavy atom. The van der Waals surface area contributed by atoms with Gasteiger partial charge in [0.25, 0.3) is 0 Å². The minimum Gasteiger partial charge on any atom is -0.495 e. The molecule has 1 aromatic heterocycles. The molecule has 5 rings (SSSR count). The molecule has 0 aliphatic carbocycles. The number of amides is 1. The number of methoxy groups -OCH3 is 1. The first-order valence-electron chi connectivity index (χ1n) is 12.3. The van der Waals surface area contributed by atoms with Crippen LogP contribution in [0.2, 0.25) is 0 Å². The van der Waals surface area contributed by atoms with E-state index in [1.54, 1.807) is 7.11 Å². The van der Waals surface area contributed by atoms with Crippen LogP contribution < -0.4 is 19.7 Å². The van der Waals surface area contributed by atoms with E-state index in [1.165, 1.54) is 11.1 Å². The Kier molecular flexibility index (Phi) is 7.04. The summed E-state index contributed by atoms with van der Waals surface area (Å²) < 4.78 is 11.0. The minimum atomic E-state index is -0.411. The zero-order valence-corrected chi connectivity index (χ0v) is 20.1. The number of nitrogens with one attached hydrogen (secondary N) is 2. The van der Waals surface area contributed by atoms with Crippen molar-refractivity contribution < 1.29 is 14.3 Å². The van der Waals surface area contributed by atoms with Gasteiger partial charge in [-0.3, -0.25) is 4.90 Å². The van der Waals surface area contributed by atoms with Gasteiger partial charge in [-0.1, -0.05) is 30.3 Å². The van der Waals surface area contributed by atoms with E-state index in [4.69, 9.17) is 9.47 Å². The molecule has 1 fully saturated rings. The van der Waals surface area contributed by atoms with E-state index in [0.717, 1.165) is 67.7 Å². The van der Waals surface area contributed by atoms with Gasteiger partial charge in [-0.15, -0.1) is 0 Å². The summed E-state index contributed by atoms with van der Waals surface area (Å²) in [7, 11) is 1.72. The Labute approximate surface area is 205 Å². The third-order valence-electron chi connectivity index (χ3n) is 6.66. The average Bonchev–Trinajstić information content (AvgIpc) is 3.26. The summed E-state index contributed by atoms with van der Waals surface area (Å²) in [5, 5.41) is 5.16. The Hall–Kier alpha value is -3.71. The number of hydrogen-bond donors (Lipinski definition) is 2. The molecule has 1 amide bonds. The standard InChI is InChI=1S/C28H32N4O3/c1-34-27-11-5-4-10-26(27)32-18-16-31(17-19-32)15-7-6-14-29-28(33)35-21-12-13-23-22-8-2-3-9-24(22)30-25(23)20-21/h2-5,8-13,20,30H,6-7,14-19H2,1H3,(H,29,33). The predicted molar refractivity (Wildman–Crippen MR) is 141 cm³/mol. The topological polar surface area (TPSA) is 69.8 Å². The van der Waals surface area contributed by atoms with E-state index in [1.807, 2.05) is 48.5 Å². The molecular formula is C28H32N4O3. The molecule has 1 aliphatic rings. The van der Waals surface area contributed by atoms with Crippen molar-refractivity contribution in [1.82, 2.24) is 15.2 Å². The van der Waals surface area contributed by atoms with Crippen LogP contribution in [0.3, 0.4) is 0 Å². The third-order valence-corrected chi connectivity index (χ3v) is 6.66. The number of hydrogen-bond acceptors (Lipinski definition) is 5. The number of ether oxygens (including phenoxy) is 2. The molecule has 7 heteroatoms. The van der Waals surface area contributed by atoms with Crippen LogP contribution in [-0.4, -0.2) is 62.4 Å². The highest BCUT2D eigenvalue weighted by Gasteiger charge is 2.19. The average molecular weight is 473 g/mol. The van der Waals surface area contributed by atoms with Gasteiger partial charge >= 0.3 is 6.09 Å². The fraction of sp³-hybridized carbons (Fsp3) is 0.321. The number of aromatic nitrogens is 1. The van der Waals surface area contributed by atoms with Crippen LogP contribution in [0.4, 0.5) is 10.5 Å². The number of piperazine rings is 1. The van der Waals surface area contributed by atoms with Crippen molar-refractivity contribution in [3.05, 3.63) is 66.7 Å². The zero-order valence-electron chi connectivity index (χ0n) is 20.1. The number of nitrogens with zero attached hydrogens (tertiary/aromatic N) is 2. The highest BCUT2D eigenvalue weighted by Crippen LogP contribution is 2.29. The Bertz CT molecular complexity index is 1290. The summed E-state index contributed by atoms with van der Waals surface area (Å²) in [5.41, 5.74) is 3.20. The number of aromatic amines is 1. The summed E-state index contributed by atoms with van der Waals surface area (Å²) in [4.78, 5) is 20.5. The highest BCUT2D eigenvalue weighted by atomic mass is 16.6. The number of para-hydroxylation sites is 3. The molecule has 35 heavy (non-hydrogen) atoms. The zero-order chi connectivity index (χ0) is 24.0. The van der Waals surface area contributed by atoms with Crippen molar-refractivity contribution >= 4 is 33.6 Å². The minimum absolute atomic E-state index is 0.411. The third kappa shape index (κ3) is 5.35. The molecule has 2 N–H and O–H groups in total. The smallest absolute Gasteiger partial charge is 0.412 e. The monoisotopic (exact) mass is 472 g/mol. The van der Waals surface area contributed by atoms with Crippen molar-refractivity contribution in [3.63, 3.8) is 0 Å². The van der Waals surface area contributed by atoms with E-state index in [-0.39, 0.29) is 0 Å². The second-order valence-corrected chi connectivity index (χ2v) is 8.90. The number of H-pyrrole nitrogens is 1. The van der Waals surface area contributed by atoms with E-state index in [2.05, 4.69) is 38.3 Å². The van der Waals surface area contributed by atoms with Gasteiger partial charge in [-0.05, 0) is 49.7 Å². The number of carbonyl (C=O) groups excluding carboxylic acids is 1. The molecular weight excluding hydrogens is 440 g/mol. The lowest BCUT2D eigenvalue weighted by Gasteiger charge is -2.36. The fourth-order valence-electron chi connectivity index (χ4n) is 4.79. The second kappa shape index (κ2) is 10.7. The van der Waals surface area contributed by atoms with E-state index in [9.17, 15) is 4.79 Å². The molecule has 0 spiro atoms. The van der Waals surface area contributed by atoms with E-state index in [0.29, 0.717) is 12.3 Å². The summed E-state index contributed by atoms with van der Waals surface area (Å²) in [6.07, 6.45) is 1.55. The number of rotatable bonds is 8. The normalized spacial score (nSPS) is 14.4. The number of benzene rings is 3. The maximum atomic E-state index is 12.2. The van der Waals surface area contributed by atoms with Gasteiger partial charge in [0, 0.05) is 55.1 Å². The molecule has 0 radical (unpaired) electrons. The highest BCUT2D eigenvalue weighted by molar-refractivity contribution is 6.07. The molecule has 1 aliphatic heterocycles. The van der Waals surface area contributed by atoms with Crippen molar-refractivity contribution in [3.8, 4) is 11.5 Å². The lowest BCUT2D eigenvalue weighted by atomic mass is 10.1. The van der Waals surface area contributed by atoms with Crippen LogP contribution >= 0.6 is 0 Å². The predicted octanol–water partition coefficient (Wildman–Crippen LogP) is 5.02. The lowest BCUT2D eigenvalue weighted by molar-refractivity contribution is 0.199. The summed E-state index contributed by atoms with van der Waals surface area (Å²) in [5.74, 6) is 1.47. The van der Waals surface area contributed by atoms with Crippen LogP contribution in [0.5, 0.6) is 11.5 Å². The number of carbonyl (C=O) groups is 1. The quantitative estimate of drug-likeness (QED) is 0.353. The van der Waals surface area contributed by atoms with Crippen molar-refractivity contribution in [2.75, 3.05) is 51.3 Å². The summed E-state index contributed by atoms with van der Waals surface area (Å²) >= 11 is 0. The molecule has 1 saturated heterocycles. The van der Waals surface area contributed by atoms with Gasteiger partial charge in [0.05, 0.1) is 18.3 Å². The van der Waals surface area contributed by atoms with Crippen molar-refractivity contribution in [1.29, 1.82) is 0 Å². The van der Waals surface area contributed by atoms with Gasteiger partial charge in [-0.2, -0.15) is 0 Å². The van der Waals surface area contributed by atoms with Gasteiger partial charge in [-0.25, -0.2) is 4.79 Å². The maximum Gasteiger partial charge on any atom is 0.412 e.